The number of imide groups is 1. The predicted octanol–water partition coefficient (Wildman–Crippen LogP) is 5.74. The largest absolute Gasteiger partial charge is 0.340 e. The van der Waals surface area contributed by atoms with Crippen molar-refractivity contribution >= 4 is 40.5 Å². The number of urea groups is 1. The summed E-state index contributed by atoms with van der Waals surface area (Å²) in [5.41, 5.74) is 5.31. The van der Waals surface area contributed by atoms with Crippen LogP contribution in [-0.2, 0) is 17.9 Å². The summed E-state index contributed by atoms with van der Waals surface area (Å²) in [4.78, 5) is 26.8. The van der Waals surface area contributed by atoms with Gasteiger partial charge in [-0.25, -0.2) is 4.79 Å². The molecule has 33 heavy (non-hydrogen) atoms. The van der Waals surface area contributed by atoms with Gasteiger partial charge in [0.15, 0.2) is 0 Å². The second-order valence-corrected chi connectivity index (χ2v) is 8.53. The summed E-state index contributed by atoms with van der Waals surface area (Å²) in [5.74, 6) is -0.321. The van der Waals surface area contributed by atoms with Gasteiger partial charge in [0.1, 0.15) is 5.70 Å². The molecule has 3 aromatic carbocycles. The summed E-state index contributed by atoms with van der Waals surface area (Å²) >= 11 is 6.04. The number of nitrogens with one attached hydrogen (secondary N) is 1. The van der Waals surface area contributed by atoms with Gasteiger partial charge in [0, 0.05) is 33.7 Å². The van der Waals surface area contributed by atoms with E-state index in [-0.39, 0.29) is 18.1 Å². The van der Waals surface area contributed by atoms with Crippen molar-refractivity contribution in [2.75, 3.05) is 0 Å². The smallest absolute Gasteiger partial charge is 0.329 e. The minimum absolute atomic E-state index is 0.236. The molecule has 0 aliphatic carbocycles. The number of hydrogen-bond acceptors (Lipinski definition) is 2. The third-order valence-corrected chi connectivity index (χ3v) is 6.22. The number of fused-ring (bicyclic) bond motifs is 1. The average Bonchev–Trinajstić information content (AvgIpc) is 3.24. The third kappa shape index (κ3) is 4.03. The molecule has 0 atom stereocenters. The van der Waals surface area contributed by atoms with Crippen LogP contribution in [0, 0.1) is 6.92 Å². The van der Waals surface area contributed by atoms with Crippen LogP contribution in [0.3, 0.4) is 0 Å². The average molecular weight is 456 g/mol. The van der Waals surface area contributed by atoms with Crippen LogP contribution in [0.25, 0.3) is 17.0 Å². The van der Waals surface area contributed by atoms with Gasteiger partial charge in [-0.15, -0.1) is 0 Å². The van der Waals surface area contributed by atoms with Crippen LogP contribution in [0.5, 0.6) is 0 Å². The van der Waals surface area contributed by atoms with Crippen LogP contribution in [0.15, 0.2) is 84.6 Å². The minimum Gasteiger partial charge on any atom is -0.340 e. The van der Waals surface area contributed by atoms with Crippen molar-refractivity contribution in [2.24, 2.45) is 0 Å². The normalized spacial score (nSPS) is 15.0. The molecular weight excluding hydrogens is 434 g/mol. The highest BCUT2D eigenvalue weighted by atomic mass is 35.5. The summed E-state index contributed by atoms with van der Waals surface area (Å²) in [5, 5.41) is 4.48. The zero-order chi connectivity index (χ0) is 22.9. The maximum Gasteiger partial charge on any atom is 0.329 e. The molecule has 1 fully saturated rings. The molecule has 0 radical (unpaired) electrons. The Bertz CT molecular complexity index is 1390. The van der Waals surface area contributed by atoms with Gasteiger partial charge in [0.25, 0.3) is 5.91 Å². The number of aromatic nitrogens is 1. The lowest BCUT2D eigenvalue weighted by Gasteiger charge is -2.11. The summed E-state index contributed by atoms with van der Waals surface area (Å²) in [6, 6.07) is 25.0. The van der Waals surface area contributed by atoms with E-state index in [0.717, 1.165) is 33.3 Å². The molecule has 2 heterocycles. The fourth-order valence-electron chi connectivity index (χ4n) is 4.24. The van der Waals surface area contributed by atoms with Crippen LogP contribution in [0.4, 0.5) is 4.79 Å². The Morgan fingerprint density at radius 3 is 2.27 bits per heavy atom. The number of nitrogens with zero attached hydrogens (tertiary/aromatic N) is 2. The van der Waals surface area contributed by atoms with Gasteiger partial charge in [0.2, 0.25) is 0 Å². The molecule has 5 nitrogen and oxygen atoms in total. The van der Waals surface area contributed by atoms with Crippen LogP contribution >= 0.6 is 11.6 Å². The number of carbonyl (C=O) groups excluding carboxylic acids is 2. The second-order valence-electron chi connectivity index (χ2n) is 8.09. The first-order valence-electron chi connectivity index (χ1n) is 10.7. The first-order chi connectivity index (χ1) is 16.0. The minimum atomic E-state index is -0.405. The molecule has 0 bridgehead atoms. The van der Waals surface area contributed by atoms with Crippen LogP contribution < -0.4 is 5.32 Å². The lowest BCUT2D eigenvalue weighted by Crippen LogP contribution is -2.30. The topological polar surface area (TPSA) is 54.3 Å². The zero-order valence-corrected chi connectivity index (χ0v) is 18.8. The van der Waals surface area contributed by atoms with E-state index in [2.05, 4.69) is 16.0 Å². The zero-order valence-electron chi connectivity index (χ0n) is 18.1. The second kappa shape index (κ2) is 8.60. The fraction of sp³-hybridized carbons (Fsp3) is 0.111. The molecular formula is C27H22ClN3O2. The van der Waals surface area contributed by atoms with E-state index in [9.17, 15) is 9.59 Å². The molecule has 1 aliphatic heterocycles. The highest BCUT2D eigenvalue weighted by Gasteiger charge is 2.33. The number of halogens is 1. The summed E-state index contributed by atoms with van der Waals surface area (Å²) in [7, 11) is 0. The molecule has 0 unspecified atom stereocenters. The monoisotopic (exact) mass is 455 g/mol. The highest BCUT2D eigenvalue weighted by Crippen LogP contribution is 2.30. The van der Waals surface area contributed by atoms with Gasteiger partial charge in [-0.2, -0.15) is 0 Å². The maximum atomic E-state index is 13.1. The summed E-state index contributed by atoms with van der Waals surface area (Å²) < 4.78 is 2.22. The maximum absolute atomic E-state index is 13.1. The van der Waals surface area contributed by atoms with Crippen molar-refractivity contribution < 1.29 is 9.59 Å². The van der Waals surface area contributed by atoms with Crippen molar-refractivity contribution in [3.8, 4) is 0 Å². The summed E-state index contributed by atoms with van der Waals surface area (Å²) in [6.07, 6.45) is 1.79. The molecule has 1 aliphatic rings. The van der Waals surface area contributed by atoms with Gasteiger partial charge < -0.3 is 9.88 Å². The van der Waals surface area contributed by atoms with E-state index in [1.54, 1.807) is 6.08 Å². The Kier molecular flexibility index (Phi) is 5.48. The Balaban J connectivity index is 1.51. The van der Waals surface area contributed by atoms with E-state index in [4.69, 9.17) is 11.6 Å². The summed E-state index contributed by atoms with van der Waals surface area (Å²) in [6.45, 7) is 2.94. The number of benzene rings is 3. The van der Waals surface area contributed by atoms with E-state index in [1.165, 1.54) is 4.90 Å². The van der Waals surface area contributed by atoms with Gasteiger partial charge in [-0.1, -0.05) is 72.3 Å². The molecule has 1 saturated heterocycles. The molecule has 6 heteroatoms. The van der Waals surface area contributed by atoms with E-state index in [1.807, 2.05) is 79.7 Å². The van der Waals surface area contributed by atoms with Gasteiger partial charge >= 0.3 is 6.03 Å². The lowest BCUT2D eigenvalue weighted by molar-refractivity contribution is -0.123. The van der Waals surface area contributed by atoms with E-state index < -0.39 is 6.03 Å². The Morgan fingerprint density at radius 1 is 0.848 bits per heavy atom. The Hall–Kier alpha value is -3.83. The first kappa shape index (κ1) is 21.0. The van der Waals surface area contributed by atoms with Crippen LogP contribution in [-0.4, -0.2) is 21.4 Å². The van der Waals surface area contributed by atoms with Gasteiger partial charge in [-0.3, -0.25) is 9.69 Å². The first-order valence-corrected chi connectivity index (χ1v) is 11.1. The molecule has 0 saturated carbocycles. The van der Waals surface area contributed by atoms with Crippen molar-refractivity contribution in [1.82, 2.24) is 14.8 Å². The van der Waals surface area contributed by atoms with Crippen molar-refractivity contribution in [2.45, 2.75) is 20.0 Å². The number of amides is 3. The van der Waals surface area contributed by atoms with Gasteiger partial charge in [0.05, 0.1) is 6.54 Å². The highest BCUT2D eigenvalue weighted by molar-refractivity contribution is 6.30. The Morgan fingerprint density at radius 2 is 1.52 bits per heavy atom. The standard InChI is InChI=1S/C27H22ClN3O2/c1-18-23(15-24-26(32)31(27(33)29-24)17-19-7-3-2-4-8-19)22-9-5-6-10-25(22)30(18)16-20-11-13-21(28)14-12-20/h2-15H,16-17H2,1H3,(H,29,33)/b24-15+. The molecule has 4 aromatic rings. The van der Waals surface area contributed by atoms with E-state index >= 15 is 0 Å². The molecule has 1 aromatic heterocycles. The number of rotatable bonds is 5. The predicted molar refractivity (Wildman–Crippen MR) is 131 cm³/mol. The quantitative estimate of drug-likeness (QED) is 0.308. The molecule has 0 spiro atoms. The van der Waals surface area contributed by atoms with E-state index in [0.29, 0.717) is 11.6 Å². The number of para-hydroxylation sites is 1. The van der Waals surface area contributed by atoms with Crippen molar-refractivity contribution in [1.29, 1.82) is 0 Å². The number of hydrogen-bond donors (Lipinski definition) is 1. The van der Waals surface area contributed by atoms with Crippen LogP contribution in [0.1, 0.15) is 22.4 Å². The van der Waals surface area contributed by atoms with Crippen LogP contribution in [0.2, 0.25) is 5.02 Å². The number of carbonyl (C=O) groups is 2. The fourth-order valence-corrected chi connectivity index (χ4v) is 4.37. The van der Waals surface area contributed by atoms with Crippen molar-refractivity contribution in [3.05, 3.63) is 112 Å². The molecule has 1 N–H and O–H groups in total. The third-order valence-electron chi connectivity index (χ3n) is 5.97. The molecule has 5 rings (SSSR count). The molecule has 164 valence electrons. The SMILES string of the molecule is Cc1c(/C=C2/NC(=O)N(Cc3ccccc3)C2=O)c2ccccc2n1Cc1ccc(Cl)cc1. The molecule has 3 amide bonds. The Labute approximate surface area is 196 Å². The van der Waals surface area contributed by atoms with Crippen molar-refractivity contribution in [3.63, 3.8) is 0 Å². The van der Waals surface area contributed by atoms with Gasteiger partial charge in [-0.05, 0) is 42.3 Å². The lowest BCUT2D eigenvalue weighted by atomic mass is 10.1.